The molecule has 0 radical (unpaired) electrons. The number of nitrogens with one attached hydrogen (secondary N) is 2. The molecule has 1 aromatic carbocycles. The highest BCUT2D eigenvalue weighted by Gasteiger charge is 2.23. The maximum Gasteiger partial charge on any atom is 0.251 e. The molecule has 8 heteroatoms. The zero-order chi connectivity index (χ0) is 18.4. The Balaban J connectivity index is 1.47. The van der Waals surface area contributed by atoms with Crippen LogP contribution in [0.2, 0.25) is 0 Å². The van der Waals surface area contributed by atoms with Crippen LogP contribution < -0.4 is 15.5 Å². The van der Waals surface area contributed by atoms with E-state index in [-0.39, 0.29) is 12.5 Å². The molecule has 1 aliphatic heterocycles. The van der Waals surface area contributed by atoms with Crippen molar-refractivity contribution in [3.8, 4) is 0 Å². The lowest BCUT2D eigenvalue weighted by atomic mass is 10.2. The number of aliphatic hydroxyl groups excluding tert-OH is 1. The topological polar surface area (TPSA) is 93.6 Å². The highest BCUT2D eigenvalue weighted by atomic mass is 16.3. The number of piperazine rings is 1. The molecule has 1 saturated heterocycles. The van der Waals surface area contributed by atoms with Crippen LogP contribution >= 0.6 is 0 Å². The third-order valence-electron chi connectivity index (χ3n) is 4.45. The first-order valence-electron chi connectivity index (χ1n) is 8.67. The van der Waals surface area contributed by atoms with Crippen molar-refractivity contribution >= 4 is 17.5 Å². The Kier molecular flexibility index (Phi) is 5.98. The molecule has 2 aromatic rings. The molecule has 8 nitrogen and oxygen atoms in total. The minimum Gasteiger partial charge on any atom is -0.377 e. The van der Waals surface area contributed by atoms with E-state index in [0.29, 0.717) is 18.7 Å². The summed E-state index contributed by atoms with van der Waals surface area (Å²) in [6.45, 7) is 3.10. The van der Waals surface area contributed by atoms with Crippen molar-refractivity contribution in [1.82, 2.24) is 20.2 Å². The molecular formula is C18H24N6O2. The fourth-order valence-corrected chi connectivity index (χ4v) is 2.91. The van der Waals surface area contributed by atoms with E-state index in [1.807, 2.05) is 36.2 Å². The zero-order valence-electron chi connectivity index (χ0n) is 14.8. The predicted molar refractivity (Wildman–Crippen MR) is 100 cm³/mol. The number of carbonyl (C=O) groups is 1. The van der Waals surface area contributed by atoms with Gasteiger partial charge >= 0.3 is 0 Å². The number of benzene rings is 1. The van der Waals surface area contributed by atoms with Crippen molar-refractivity contribution in [1.29, 1.82) is 0 Å². The summed E-state index contributed by atoms with van der Waals surface area (Å²) >= 11 is 0. The molecule has 1 aromatic heterocycles. The van der Waals surface area contributed by atoms with Gasteiger partial charge in [0.1, 0.15) is 24.2 Å². The van der Waals surface area contributed by atoms with Crippen LogP contribution in [0, 0.1) is 0 Å². The standard InChI is InChI=1S/C18H24N6O2/c1-19-15-11-16(22-13-21-15)23-7-9-24(10-8-23)17(25)12-20-18(26)14-5-3-2-4-6-14/h2-6,11,13,17,25H,7-10,12H2,1H3,(H,20,26)(H,19,21,22). The van der Waals surface area contributed by atoms with E-state index in [0.717, 1.165) is 24.7 Å². The number of nitrogens with zero attached hydrogens (tertiary/aromatic N) is 4. The van der Waals surface area contributed by atoms with Crippen LogP contribution in [0.3, 0.4) is 0 Å². The number of rotatable bonds is 6. The molecule has 3 rings (SSSR count). The quantitative estimate of drug-likeness (QED) is 0.689. The number of aliphatic hydroxyl groups is 1. The Morgan fingerprint density at radius 2 is 1.92 bits per heavy atom. The number of aromatic nitrogens is 2. The van der Waals surface area contributed by atoms with E-state index in [4.69, 9.17) is 0 Å². The summed E-state index contributed by atoms with van der Waals surface area (Å²) in [5.41, 5.74) is 0.591. The fraction of sp³-hybridized carbons (Fsp3) is 0.389. The summed E-state index contributed by atoms with van der Waals surface area (Å²) in [5, 5.41) is 16.2. The van der Waals surface area contributed by atoms with Gasteiger partial charge in [0.25, 0.3) is 5.91 Å². The summed E-state index contributed by atoms with van der Waals surface area (Å²) in [5.74, 6) is 1.47. The SMILES string of the molecule is CNc1cc(N2CCN(C(O)CNC(=O)c3ccccc3)CC2)ncn1. The Labute approximate surface area is 152 Å². The molecule has 0 saturated carbocycles. The van der Waals surface area contributed by atoms with Crippen molar-refractivity contribution < 1.29 is 9.90 Å². The molecule has 0 bridgehead atoms. The molecule has 1 unspecified atom stereocenters. The number of hydrogen-bond donors (Lipinski definition) is 3. The lowest BCUT2D eigenvalue weighted by Gasteiger charge is -2.37. The molecule has 3 N–H and O–H groups in total. The van der Waals surface area contributed by atoms with Crippen LogP contribution in [-0.2, 0) is 0 Å². The Hall–Kier alpha value is -2.71. The van der Waals surface area contributed by atoms with Gasteiger partial charge in [-0.05, 0) is 12.1 Å². The summed E-state index contributed by atoms with van der Waals surface area (Å²) in [7, 11) is 1.82. The van der Waals surface area contributed by atoms with E-state index in [1.165, 1.54) is 0 Å². The predicted octanol–water partition coefficient (Wildman–Crippen LogP) is 0.389. The summed E-state index contributed by atoms with van der Waals surface area (Å²) in [6, 6.07) is 10.9. The summed E-state index contributed by atoms with van der Waals surface area (Å²) in [4.78, 5) is 24.6. The third-order valence-corrected chi connectivity index (χ3v) is 4.45. The fourth-order valence-electron chi connectivity index (χ4n) is 2.91. The van der Waals surface area contributed by atoms with Crippen molar-refractivity contribution in [2.75, 3.05) is 50.0 Å². The monoisotopic (exact) mass is 356 g/mol. The number of carbonyl (C=O) groups excluding carboxylic acids is 1. The molecule has 1 fully saturated rings. The molecule has 2 heterocycles. The van der Waals surface area contributed by atoms with Crippen LogP contribution in [-0.4, -0.2) is 71.9 Å². The van der Waals surface area contributed by atoms with Gasteiger partial charge in [-0.2, -0.15) is 0 Å². The Morgan fingerprint density at radius 1 is 1.19 bits per heavy atom. The van der Waals surface area contributed by atoms with E-state index < -0.39 is 6.23 Å². The third kappa shape index (κ3) is 4.47. The van der Waals surface area contributed by atoms with E-state index in [9.17, 15) is 9.90 Å². The largest absolute Gasteiger partial charge is 0.377 e. The van der Waals surface area contributed by atoms with Gasteiger partial charge in [-0.1, -0.05) is 18.2 Å². The first-order valence-corrected chi connectivity index (χ1v) is 8.67. The second kappa shape index (κ2) is 8.59. The van der Waals surface area contributed by atoms with Gasteiger partial charge in [0.2, 0.25) is 0 Å². The normalized spacial score (nSPS) is 16.2. The lowest BCUT2D eigenvalue weighted by Crippen LogP contribution is -2.53. The molecule has 0 aliphatic carbocycles. The van der Waals surface area contributed by atoms with Crippen LogP contribution in [0.25, 0.3) is 0 Å². The average Bonchev–Trinajstić information content (AvgIpc) is 2.72. The number of anilines is 2. The van der Waals surface area contributed by atoms with Crippen molar-refractivity contribution in [3.63, 3.8) is 0 Å². The summed E-state index contributed by atoms with van der Waals surface area (Å²) < 4.78 is 0. The first kappa shape index (κ1) is 18.1. The van der Waals surface area contributed by atoms with Gasteiger partial charge in [-0.3, -0.25) is 9.69 Å². The van der Waals surface area contributed by atoms with Crippen molar-refractivity contribution in [2.45, 2.75) is 6.23 Å². The van der Waals surface area contributed by atoms with Gasteiger partial charge in [-0.15, -0.1) is 0 Å². The molecular weight excluding hydrogens is 332 g/mol. The van der Waals surface area contributed by atoms with Crippen molar-refractivity contribution in [3.05, 3.63) is 48.3 Å². The van der Waals surface area contributed by atoms with Gasteiger partial charge in [0.15, 0.2) is 0 Å². The maximum absolute atomic E-state index is 12.1. The highest BCUT2D eigenvalue weighted by Crippen LogP contribution is 2.16. The molecule has 26 heavy (non-hydrogen) atoms. The molecule has 1 aliphatic rings. The van der Waals surface area contributed by atoms with Gasteiger partial charge in [-0.25, -0.2) is 9.97 Å². The maximum atomic E-state index is 12.1. The van der Waals surface area contributed by atoms with E-state index >= 15 is 0 Å². The lowest BCUT2D eigenvalue weighted by molar-refractivity contribution is 0.00183. The first-order chi connectivity index (χ1) is 12.7. The highest BCUT2D eigenvalue weighted by molar-refractivity contribution is 5.94. The van der Waals surface area contributed by atoms with Crippen LogP contribution in [0.4, 0.5) is 11.6 Å². The Morgan fingerprint density at radius 3 is 2.62 bits per heavy atom. The average molecular weight is 356 g/mol. The van der Waals surface area contributed by atoms with Gasteiger partial charge < -0.3 is 20.6 Å². The van der Waals surface area contributed by atoms with Crippen LogP contribution in [0.5, 0.6) is 0 Å². The second-order valence-electron chi connectivity index (χ2n) is 6.09. The van der Waals surface area contributed by atoms with Gasteiger partial charge in [0.05, 0.1) is 6.54 Å². The Bertz CT molecular complexity index is 719. The number of amides is 1. The minimum atomic E-state index is -0.705. The smallest absolute Gasteiger partial charge is 0.251 e. The van der Waals surface area contributed by atoms with Gasteiger partial charge in [0, 0.05) is 44.9 Å². The second-order valence-corrected chi connectivity index (χ2v) is 6.09. The van der Waals surface area contributed by atoms with Crippen molar-refractivity contribution in [2.24, 2.45) is 0 Å². The molecule has 1 atom stereocenters. The summed E-state index contributed by atoms with van der Waals surface area (Å²) in [6.07, 6.45) is 0.838. The molecule has 138 valence electrons. The van der Waals surface area contributed by atoms with E-state index in [1.54, 1.807) is 18.5 Å². The molecule has 1 amide bonds. The minimum absolute atomic E-state index is 0.177. The molecule has 0 spiro atoms. The van der Waals surface area contributed by atoms with Crippen LogP contribution in [0.15, 0.2) is 42.7 Å². The zero-order valence-corrected chi connectivity index (χ0v) is 14.8. The number of hydrogen-bond acceptors (Lipinski definition) is 7. The van der Waals surface area contributed by atoms with Crippen LogP contribution in [0.1, 0.15) is 10.4 Å². The van der Waals surface area contributed by atoms with E-state index in [2.05, 4.69) is 25.5 Å².